The van der Waals surface area contributed by atoms with Crippen molar-refractivity contribution in [1.82, 2.24) is 10.4 Å². The molecule has 2 amide bonds. The van der Waals surface area contributed by atoms with Crippen LogP contribution in [-0.2, 0) is 14.4 Å². The highest BCUT2D eigenvalue weighted by atomic mass is 16.6. The molecule has 1 heterocycles. The molecule has 1 saturated heterocycles. The van der Waals surface area contributed by atoms with Crippen molar-refractivity contribution < 1.29 is 14.4 Å². The number of rotatable bonds is 4. The predicted octanol–water partition coefficient (Wildman–Crippen LogP) is 1.27. The number of likely N-dealkylation sites (tertiary alicyclic amines) is 1. The van der Waals surface area contributed by atoms with Crippen molar-refractivity contribution in [2.45, 2.75) is 19.4 Å². The third-order valence-electron chi connectivity index (χ3n) is 3.48. The van der Waals surface area contributed by atoms with Gasteiger partial charge in [0, 0.05) is 13.0 Å². The first-order valence-corrected chi connectivity index (χ1v) is 6.30. The summed E-state index contributed by atoms with van der Waals surface area (Å²) in [5, 5.41) is 0. The molecule has 102 valence electrons. The lowest BCUT2D eigenvalue weighted by atomic mass is 10.1. The van der Waals surface area contributed by atoms with Gasteiger partial charge < -0.3 is 4.90 Å². The summed E-state index contributed by atoms with van der Waals surface area (Å²) in [4.78, 5) is 30.0. The second kappa shape index (κ2) is 5.84. The molecular formula is C14H18N2O3. The zero-order valence-corrected chi connectivity index (χ0v) is 11.1. The first kappa shape index (κ1) is 13.5. The average molecular weight is 262 g/mol. The van der Waals surface area contributed by atoms with Crippen LogP contribution >= 0.6 is 0 Å². The van der Waals surface area contributed by atoms with Crippen molar-refractivity contribution in [3.8, 4) is 0 Å². The van der Waals surface area contributed by atoms with Gasteiger partial charge in [-0.2, -0.15) is 0 Å². The van der Waals surface area contributed by atoms with Crippen LogP contribution in [0.5, 0.6) is 0 Å². The molecule has 5 heteroatoms. The molecule has 5 nitrogen and oxygen atoms in total. The highest BCUT2D eigenvalue weighted by molar-refractivity contribution is 5.89. The Morgan fingerprint density at radius 1 is 1.42 bits per heavy atom. The van der Waals surface area contributed by atoms with Crippen molar-refractivity contribution in [2.24, 2.45) is 5.92 Å². The van der Waals surface area contributed by atoms with E-state index in [1.54, 1.807) is 4.90 Å². The Labute approximate surface area is 112 Å². The zero-order valence-electron chi connectivity index (χ0n) is 11.1. The molecule has 1 aromatic carbocycles. The summed E-state index contributed by atoms with van der Waals surface area (Å²) >= 11 is 0. The van der Waals surface area contributed by atoms with Crippen LogP contribution in [0.15, 0.2) is 30.3 Å². The van der Waals surface area contributed by atoms with Gasteiger partial charge in [-0.1, -0.05) is 30.3 Å². The first-order valence-electron chi connectivity index (χ1n) is 6.30. The average Bonchev–Trinajstić information content (AvgIpc) is 2.81. The van der Waals surface area contributed by atoms with Crippen molar-refractivity contribution >= 4 is 11.8 Å². The first-order chi connectivity index (χ1) is 9.13. The molecule has 19 heavy (non-hydrogen) atoms. The van der Waals surface area contributed by atoms with E-state index in [1.165, 1.54) is 7.11 Å². The van der Waals surface area contributed by atoms with Gasteiger partial charge in [0.05, 0.1) is 19.1 Å². The van der Waals surface area contributed by atoms with E-state index in [2.05, 4.69) is 10.3 Å². The minimum absolute atomic E-state index is 0.00704. The number of hydrogen-bond donors (Lipinski definition) is 1. The second-order valence-corrected chi connectivity index (χ2v) is 4.70. The van der Waals surface area contributed by atoms with Crippen LogP contribution < -0.4 is 5.48 Å². The fourth-order valence-electron chi connectivity index (χ4n) is 2.38. The van der Waals surface area contributed by atoms with Crippen LogP contribution in [-0.4, -0.2) is 30.4 Å². The molecule has 1 aliphatic rings. The summed E-state index contributed by atoms with van der Waals surface area (Å²) in [7, 11) is 1.39. The van der Waals surface area contributed by atoms with Crippen molar-refractivity contribution in [2.75, 3.05) is 13.7 Å². The smallest absolute Gasteiger partial charge is 0.248 e. The number of hydrogen-bond acceptors (Lipinski definition) is 3. The van der Waals surface area contributed by atoms with Crippen LogP contribution in [0.1, 0.15) is 24.9 Å². The second-order valence-electron chi connectivity index (χ2n) is 4.70. The maximum absolute atomic E-state index is 12.0. The number of nitrogens with one attached hydrogen (secondary N) is 1. The molecule has 0 aromatic heterocycles. The van der Waals surface area contributed by atoms with Gasteiger partial charge >= 0.3 is 0 Å². The molecule has 1 aromatic rings. The molecule has 2 rings (SSSR count). The highest BCUT2D eigenvalue weighted by Gasteiger charge is 2.36. The van der Waals surface area contributed by atoms with E-state index in [9.17, 15) is 9.59 Å². The van der Waals surface area contributed by atoms with Crippen LogP contribution in [0.25, 0.3) is 0 Å². The lowest BCUT2D eigenvalue weighted by Crippen LogP contribution is -2.33. The third kappa shape index (κ3) is 2.93. The minimum atomic E-state index is -0.335. The molecule has 2 atom stereocenters. The van der Waals surface area contributed by atoms with Crippen molar-refractivity contribution in [3.63, 3.8) is 0 Å². The van der Waals surface area contributed by atoms with Gasteiger partial charge in [0.1, 0.15) is 0 Å². The van der Waals surface area contributed by atoms with E-state index in [-0.39, 0.29) is 30.2 Å². The Hall–Kier alpha value is -1.88. The Balaban J connectivity index is 2.06. The highest BCUT2D eigenvalue weighted by Crippen LogP contribution is 2.28. The van der Waals surface area contributed by atoms with E-state index in [0.717, 1.165) is 5.56 Å². The molecule has 1 aliphatic heterocycles. The van der Waals surface area contributed by atoms with Crippen molar-refractivity contribution in [3.05, 3.63) is 35.9 Å². The number of hydroxylamine groups is 1. The lowest BCUT2D eigenvalue weighted by Gasteiger charge is -2.25. The quantitative estimate of drug-likeness (QED) is 0.831. The van der Waals surface area contributed by atoms with Crippen LogP contribution in [0.3, 0.4) is 0 Å². The molecule has 0 bridgehead atoms. The third-order valence-corrected chi connectivity index (χ3v) is 3.48. The predicted molar refractivity (Wildman–Crippen MR) is 69.8 cm³/mol. The minimum Gasteiger partial charge on any atom is -0.335 e. The van der Waals surface area contributed by atoms with Crippen LogP contribution in [0, 0.1) is 5.92 Å². The monoisotopic (exact) mass is 262 g/mol. The summed E-state index contributed by atoms with van der Waals surface area (Å²) in [6.07, 6.45) is 0.242. The van der Waals surface area contributed by atoms with E-state index in [0.29, 0.717) is 6.54 Å². The maximum Gasteiger partial charge on any atom is 0.248 e. The Morgan fingerprint density at radius 2 is 2.11 bits per heavy atom. The van der Waals surface area contributed by atoms with Crippen molar-refractivity contribution in [1.29, 1.82) is 0 Å². The Bertz CT molecular complexity index is 461. The Kier molecular flexibility index (Phi) is 4.16. The van der Waals surface area contributed by atoms with Crippen LogP contribution in [0.2, 0.25) is 0 Å². The van der Waals surface area contributed by atoms with Gasteiger partial charge in [-0.25, -0.2) is 5.48 Å². The van der Waals surface area contributed by atoms with E-state index >= 15 is 0 Å². The summed E-state index contributed by atoms with van der Waals surface area (Å²) in [6.45, 7) is 2.41. The maximum atomic E-state index is 12.0. The summed E-state index contributed by atoms with van der Waals surface area (Å²) in [5.74, 6) is -0.565. The molecule has 1 fully saturated rings. The normalized spacial score (nSPS) is 20.4. The SMILES string of the molecule is CONC(=O)[C@@H]1CC(=O)N([C@H](C)c2ccccc2)C1. The summed E-state index contributed by atoms with van der Waals surface area (Å²) < 4.78 is 0. The standard InChI is InChI=1S/C14H18N2O3/c1-10(11-6-4-3-5-7-11)16-9-12(8-13(16)17)14(18)15-19-2/h3-7,10,12H,8-9H2,1-2H3,(H,15,18)/t10-,12-/m1/s1. The lowest BCUT2D eigenvalue weighted by molar-refractivity contribution is -0.135. The number of nitrogens with zero attached hydrogens (tertiary/aromatic N) is 1. The zero-order chi connectivity index (χ0) is 13.8. The molecule has 0 radical (unpaired) electrons. The number of carbonyl (C=O) groups is 2. The van der Waals surface area contributed by atoms with Crippen LogP contribution in [0.4, 0.5) is 0 Å². The number of benzene rings is 1. The van der Waals surface area contributed by atoms with E-state index in [1.807, 2.05) is 37.3 Å². The Morgan fingerprint density at radius 3 is 2.74 bits per heavy atom. The fraction of sp³-hybridized carbons (Fsp3) is 0.429. The molecule has 0 saturated carbocycles. The summed E-state index contributed by atoms with van der Waals surface area (Å²) in [5.41, 5.74) is 3.36. The van der Waals surface area contributed by atoms with Gasteiger partial charge in [0.25, 0.3) is 0 Å². The molecule has 0 aliphatic carbocycles. The largest absolute Gasteiger partial charge is 0.335 e. The van der Waals surface area contributed by atoms with Gasteiger partial charge in [-0.05, 0) is 12.5 Å². The number of carbonyl (C=O) groups excluding carboxylic acids is 2. The van der Waals surface area contributed by atoms with E-state index < -0.39 is 0 Å². The summed E-state index contributed by atoms with van der Waals surface area (Å²) in [6, 6.07) is 9.79. The molecule has 0 unspecified atom stereocenters. The topological polar surface area (TPSA) is 58.6 Å². The molecular weight excluding hydrogens is 244 g/mol. The molecule has 0 spiro atoms. The van der Waals surface area contributed by atoms with E-state index in [4.69, 9.17) is 0 Å². The molecule has 1 N–H and O–H groups in total. The van der Waals surface area contributed by atoms with Gasteiger partial charge in [0.2, 0.25) is 11.8 Å². The van der Waals surface area contributed by atoms with Gasteiger partial charge in [-0.3, -0.25) is 14.4 Å². The fourth-order valence-corrected chi connectivity index (χ4v) is 2.38. The number of amides is 2. The van der Waals surface area contributed by atoms with Gasteiger partial charge in [0.15, 0.2) is 0 Å². The van der Waals surface area contributed by atoms with Gasteiger partial charge in [-0.15, -0.1) is 0 Å².